The lowest BCUT2D eigenvalue weighted by atomic mass is 10.2. The number of rotatable bonds is 11. The Hall–Kier alpha value is -3.93. The van der Waals surface area contributed by atoms with Gasteiger partial charge in [-0.25, -0.2) is 4.98 Å². The maximum atomic E-state index is 13.5. The fourth-order valence-electron chi connectivity index (χ4n) is 4.18. The highest BCUT2D eigenvalue weighted by atomic mass is 32.2. The van der Waals surface area contributed by atoms with Crippen LogP contribution < -0.4 is 35.1 Å². The van der Waals surface area contributed by atoms with Crippen molar-refractivity contribution in [3.63, 3.8) is 0 Å². The Morgan fingerprint density at radius 1 is 1.03 bits per heavy atom. The van der Waals surface area contributed by atoms with Gasteiger partial charge in [0.1, 0.15) is 0 Å². The van der Waals surface area contributed by atoms with Crippen LogP contribution in [0.3, 0.4) is 0 Å². The van der Waals surface area contributed by atoms with Crippen LogP contribution in [0, 0.1) is 0 Å². The largest absolute Gasteiger partial charge is 0.454 e. The molecule has 5 rings (SSSR count). The molecule has 2 amide bonds. The van der Waals surface area contributed by atoms with Crippen molar-refractivity contribution >= 4 is 34.5 Å². The Labute approximate surface area is 229 Å². The molecule has 3 aromatic rings. The lowest BCUT2D eigenvalue weighted by molar-refractivity contribution is -0.121. The van der Waals surface area contributed by atoms with E-state index in [1.807, 2.05) is 32.0 Å². The Kier molecular flexibility index (Phi) is 8.10. The molecule has 206 valence electrons. The normalized spacial score (nSPS) is 13.9. The van der Waals surface area contributed by atoms with Crippen molar-refractivity contribution in [3.05, 3.63) is 46.2 Å². The van der Waals surface area contributed by atoms with Crippen molar-refractivity contribution in [2.75, 3.05) is 19.3 Å². The topological polar surface area (TPSA) is 130 Å². The number of hydrogen-bond acceptors (Lipinski definition) is 9. The molecule has 0 bridgehead atoms. The Morgan fingerprint density at radius 3 is 2.51 bits per heavy atom. The first-order chi connectivity index (χ1) is 18.9. The molecular weight excluding hydrogens is 524 g/mol. The smallest absolute Gasteiger partial charge is 0.262 e. The van der Waals surface area contributed by atoms with Crippen LogP contribution in [0.4, 0.5) is 0 Å². The molecule has 39 heavy (non-hydrogen) atoms. The first kappa shape index (κ1) is 26.7. The van der Waals surface area contributed by atoms with Crippen LogP contribution in [0.5, 0.6) is 23.0 Å². The fraction of sp³-hybridized carbons (Fsp3) is 0.407. The number of fused-ring (bicyclic) bond motifs is 3. The molecule has 12 heteroatoms. The highest BCUT2D eigenvalue weighted by Crippen LogP contribution is 2.35. The average molecular weight is 555 g/mol. The number of carbonyl (C=O) groups is 2. The summed E-state index contributed by atoms with van der Waals surface area (Å²) in [5.74, 6) is 2.21. The highest BCUT2D eigenvalue weighted by molar-refractivity contribution is 7.99. The van der Waals surface area contributed by atoms with Crippen LogP contribution in [-0.4, -0.2) is 46.7 Å². The van der Waals surface area contributed by atoms with Crippen molar-refractivity contribution in [2.45, 2.75) is 57.4 Å². The Balaban J connectivity index is 1.26. The van der Waals surface area contributed by atoms with Crippen molar-refractivity contribution < 1.29 is 28.5 Å². The minimum absolute atomic E-state index is 0.0563. The quantitative estimate of drug-likeness (QED) is 0.271. The zero-order valence-corrected chi connectivity index (χ0v) is 22.6. The number of benzene rings is 2. The van der Waals surface area contributed by atoms with Gasteiger partial charge in [0.25, 0.3) is 5.56 Å². The molecule has 0 spiro atoms. The second kappa shape index (κ2) is 11.9. The minimum Gasteiger partial charge on any atom is -0.454 e. The van der Waals surface area contributed by atoms with E-state index in [0.29, 0.717) is 52.0 Å². The fourth-order valence-corrected chi connectivity index (χ4v) is 5.02. The Bertz CT molecular complexity index is 1460. The van der Waals surface area contributed by atoms with Gasteiger partial charge in [0.15, 0.2) is 28.2 Å². The molecule has 2 N–H and O–H groups in total. The number of ether oxygens (including phenoxy) is 4. The van der Waals surface area contributed by atoms with Crippen LogP contribution >= 0.6 is 11.8 Å². The zero-order valence-electron chi connectivity index (χ0n) is 21.8. The lowest BCUT2D eigenvalue weighted by Crippen LogP contribution is -2.33. The molecule has 3 heterocycles. The van der Waals surface area contributed by atoms with Gasteiger partial charge in [0.2, 0.25) is 25.4 Å². The minimum atomic E-state index is -0.260. The van der Waals surface area contributed by atoms with Crippen LogP contribution in [0.25, 0.3) is 10.9 Å². The maximum absolute atomic E-state index is 13.5. The van der Waals surface area contributed by atoms with Crippen molar-refractivity contribution in [1.29, 1.82) is 0 Å². The third kappa shape index (κ3) is 6.22. The maximum Gasteiger partial charge on any atom is 0.262 e. The third-order valence-electron chi connectivity index (χ3n) is 6.48. The molecule has 0 fully saturated rings. The van der Waals surface area contributed by atoms with E-state index in [9.17, 15) is 14.4 Å². The summed E-state index contributed by atoms with van der Waals surface area (Å²) < 4.78 is 23.1. The molecule has 2 aliphatic heterocycles. The van der Waals surface area contributed by atoms with Crippen LogP contribution in [-0.2, 0) is 22.7 Å². The van der Waals surface area contributed by atoms with Gasteiger partial charge in [0.05, 0.1) is 16.7 Å². The number of amides is 2. The summed E-state index contributed by atoms with van der Waals surface area (Å²) in [5.41, 5.74) is 1.10. The van der Waals surface area contributed by atoms with Crippen LogP contribution in [0.1, 0.15) is 38.7 Å². The van der Waals surface area contributed by atoms with E-state index < -0.39 is 0 Å². The first-order valence-electron chi connectivity index (χ1n) is 12.8. The lowest BCUT2D eigenvalue weighted by Gasteiger charge is -2.15. The molecule has 0 radical (unpaired) electrons. The Morgan fingerprint density at radius 2 is 1.74 bits per heavy atom. The standard InChI is InChI=1S/C27H30N4O7S/c1-3-16(2)29-25(33)13-39-27-30-19-11-23-22(37-15-38-23)10-18(19)26(34)31(27)8-4-5-24(32)28-12-17-6-7-20-21(9-17)36-14-35-20/h6-7,9-11,16H,3-5,8,12-15H2,1-2H3,(H,28,32)(H,29,33)/t16-/m0/s1. The second-order valence-corrected chi connectivity index (χ2v) is 10.2. The molecule has 1 atom stereocenters. The van der Waals surface area contributed by atoms with Crippen molar-refractivity contribution in [2.24, 2.45) is 0 Å². The average Bonchev–Trinajstić information content (AvgIpc) is 3.59. The summed E-state index contributed by atoms with van der Waals surface area (Å²) >= 11 is 1.19. The van der Waals surface area contributed by atoms with E-state index in [-0.39, 0.29) is 55.7 Å². The molecule has 2 aliphatic rings. The number of hydrogen-bond donors (Lipinski definition) is 2. The van der Waals surface area contributed by atoms with Gasteiger partial charge in [-0.05, 0) is 43.5 Å². The number of nitrogens with zero attached hydrogens (tertiary/aromatic N) is 2. The summed E-state index contributed by atoms with van der Waals surface area (Å²) in [5, 5.41) is 6.62. The molecule has 0 saturated carbocycles. The van der Waals surface area contributed by atoms with E-state index in [1.54, 1.807) is 12.1 Å². The zero-order chi connectivity index (χ0) is 27.4. The van der Waals surface area contributed by atoms with Crippen molar-refractivity contribution in [1.82, 2.24) is 20.2 Å². The number of nitrogens with one attached hydrogen (secondary N) is 2. The van der Waals surface area contributed by atoms with E-state index in [1.165, 1.54) is 16.3 Å². The van der Waals surface area contributed by atoms with Gasteiger partial charge in [-0.3, -0.25) is 19.0 Å². The molecule has 2 aromatic carbocycles. The van der Waals surface area contributed by atoms with Gasteiger partial charge >= 0.3 is 0 Å². The van der Waals surface area contributed by atoms with E-state index in [4.69, 9.17) is 18.9 Å². The van der Waals surface area contributed by atoms with E-state index in [2.05, 4.69) is 15.6 Å². The van der Waals surface area contributed by atoms with Crippen molar-refractivity contribution in [3.8, 4) is 23.0 Å². The molecule has 0 unspecified atom stereocenters. The number of carbonyl (C=O) groups excluding carboxylic acids is 2. The molecule has 0 aliphatic carbocycles. The van der Waals surface area contributed by atoms with Gasteiger partial charge in [-0.15, -0.1) is 0 Å². The molecular formula is C27H30N4O7S. The van der Waals surface area contributed by atoms with Gasteiger partial charge < -0.3 is 29.6 Å². The van der Waals surface area contributed by atoms with Gasteiger partial charge in [0, 0.05) is 31.6 Å². The molecule has 0 saturated heterocycles. The predicted molar refractivity (Wildman–Crippen MR) is 144 cm³/mol. The first-order valence-corrected chi connectivity index (χ1v) is 13.8. The predicted octanol–water partition coefficient (Wildman–Crippen LogP) is 2.96. The number of thioether (sulfide) groups is 1. The summed E-state index contributed by atoms with van der Waals surface area (Å²) in [6.45, 7) is 4.83. The van der Waals surface area contributed by atoms with E-state index in [0.717, 1.165) is 12.0 Å². The third-order valence-corrected chi connectivity index (χ3v) is 7.45. The summed E-state index contributed by atoms with van der Waals surface area (Å²) in [4.78, 5) is 43.1. The van der Waals surface area contributed by atoms with Gasteiger partial charge in [-0.2, -0.15) is 0 Å². The molecule has 11 nitrogen and oxygen atoms in total. The van der Waals surface area contributed by atoms with Crippen LogP contribution in [0.15, 0.2) is 40.3 Å². The number of aromatic nitrogens is 2. The summed E-state index contributed by atoms with van der Waals surface area (Å²) in [6.07, 6.45) is 1.45. The molecule has 1 aromatic heterocycles. The van der Waals surface area contributed by atoms with E-state index >= 15 is 0 Å². The summed E-state index contributed by atoms with van der Waals surface area (Å²) in [7, 11) is 0. The van der Waals surface area contributed by atoms with Gasteiger partial charge in [-0.1, -0.05) is 24.8 Å². The monoisotopic (exact) mass is 554 g/mol. The summed E-state index contributed by atoms with van der Waals surface area (Å²) in [6, 6.07) is 8.90. The van der Waals surface area contributed by atoms with Crippen LogP contribution in [0.2, 0.25) is 0 Å². The highest BCUT2D eigenvalue weighted by Gasteiger charge is 2.20. The second-order valence-electron chi connectivity index (χ2n) is 9.31. The SMILES string of the molecule is CC[C@H](C)NC(=O)CSc1nc2cc3c(cc2c(=O)n1CCCC(=O)NCc1ccc2c(c1)OCO2)OCO3.